The number of carbonyl (C=O) groups excluding carboxylic acids is 4. The normalized spacial score (nSPS) is 16.0. The van der Waals surface area contributed by atoms with Crippen molar-refractivity contribution in [3.63, 3.8) is 0 Å². The highest BCUT2D eigenvalue weighted by atomic mass is 16.5. The van der Waals surface area contributed by atoms with Crippen molar-refractivity contribution in [1.29, 1.82) is 0 Å². The maximum atomic E-state index is 13.4. The zero-order valence-electron chi connectivity index (χ0n) is 28.0. The summed E-state index contributed by atoms with van der Waals surface area (Å²) in [6.07, 6.45) is 1.20. The molecule has 0 radical (unpaired) electrons. The van der Waals surface area contributed by atoms with Gasteiger partial charge in [-0.3, -0.25) is 9.59 Å². The third-order valence-electron chi connectivity index (χ3n) is 8.91. The molecular weight excluding hydrogens is 594 g/mol. The van der Waals surface area contributed by atoms with Gasteiger partial charge in [0.2, 0.25) is 11.8 Å². The van der Waals surface area contributed by atoms with Crippen LogP contribution in [0, 0.1) is 5.92 Å². The molecular formula is C38H47N3O6. The summed E-state index contributed by atoms with van der Waals surface area (Å²) in [6.45, 7) is 8.79. The summed E-state index contributed by atoms with van der Waals surface area (Å²) < 4.78 is 10.7. The molecule has 2 N–H and O–H groups in total. The molecule has 2 unspecified atom stereocenters. The molecule has 250 valence electrons. The fourth-order valence-corrected chi connectivity index (χ4v) is 5.91. The van der Waals surface area contributed by atoms with Crippen LogP contribution in [0.15, 0.2) is 84.9 Å². The summed E-state index contributed by atoms with van der Waals surface area (Å²) in [6, 6.07) is 25.9. The summed E-state index contributed by atoms with van der Waals surface area (Å²) in [5, 5.41) is 5.96. The standard InChI is InChI=1S/C38H47N3O6/c1-26(2)23-33(36(44)47-25-29-13-8-6-9-14-29)39-34(42)28(4)31-17-12-18-32(24-31)41-21-19-38(20-22-41,37(45)46-5)40-35(43)27(3)30-15-10-7-11-16-30/h6-18,24,26-28,33H,19-23,25H2,1-5H3,(H,39,42)(H,40,43)/t27?,28?,33-/m0/s1. The molecule has 1 aliphatic heterocycles. The average molecular weight is 642 g/mol. The zero-order chi connectivity index (χ0) is 34.0. The highest BCUT2D eigenvalue weighted by molar-refractivity contribution is 5.91. The fourth-order valence-electron chi connectivity index (χ4n) is 5.91. The van der Waals surface area contributed by atoms with Crippen molar-refractivity contribution in [3.05, 3.63) is 102 Å². The van der Waals surface area contributed by atoms with Crippen LogP contribution in [0.25, 0.3) is 0 Å². The van der Waals surface area contributed by atoms with Gasteiger partial charge in [0.15, 0.2) is 0 Å². The van der Waals surface area contributed by atoms with Crippen LogP contribution >= 0.6 is 0 Å². The van der Waals surface area contributed by atoms with Crippen LogP contribution in [-0.2, 0) is 35.3 Å². The number of esters is 2. The molecule has 1 aliphatic rings. The van der Waals surface area contributed by atoms with E-state index in [1.165, 1.54) is 7.11 Å². The zero-order valence-corrected chi connectivity index (χ0v) is 28.0. The Bertz CT molecular complexity index is 1500. The maximum Gasteiger partial charge on any atom is 0.331 e. The van der Waals surface area contributed by atoms with E-state index in [0.717, 1.165) is 22.4 Å². The topological polar surface area (TPSA) is 114 Å². The first-order valence-electron chi connectivity index (χ1n) is 16.3. The van der Waals surface area contributed by atoms with E-state index in [2.05, 4.69) is 15.5 Å². The Morgan fingerprint density at radius 3 is 2.00 bits per heavy atom. The minimum Gasteiger partial charge on any atom is -0.467 e. The lowest BCUT2D eigenvalue weighted by molar-refractivity contribution is -0.152. The molecule has 0 aliphatic carbocycles. The Labute approximate surface area is 278 Å². The van der Waals surface area contributed by atoms with E-state index >= 15 is 0 Å². The summed E-state index contributed by atoms with van der Waals surface area (Å²) >= 11 is 0. The molecule has 3 aromatic carbocycles. The molecule has 2 amide bonds. The van der Waals surface area contributed by atoms with Crippen LogP contribution < -0.4 is 15.5 Å². The predicted octanol–water partition coefficient (Wildman–Crippen LogP) is 5.50. The molecule has 3 aromatic rings. The van der Waals surface area contributed by atoms with Gasteiger partial charge in [-0.1, -0.05) is 86.6 Å². The van der Waals surface area contributed by atoms with Gasteiger partial charge in [0.1, 0.15) is 18.2 Å². The van der Waals surface area contributed by atoms with E-state index in [9.17, 15) is 19.2 Å². The third kappa shape index (κ3) is 9.21. The van der Waals surface area contributed by atoms with Crippen LogP contribution in [0.5, 0.6) is 0 Å². The number of amides is 2. The first-order valence-corrected chi connectivity index (χ1v) is 16.3. The van der Waals surface area contributed by atoms with Gasteiger partial charge in [0.25, 0.3) is 0 Å². The SMILES string of the molecule is COC(=O)C1(NC(=O)C(C)c2ccccc2)CCN(c2cccc(C(C)C(=O)N[C@@H](CC(C)C)C(=O)OCc3ccccc3)c2)CC1. The Morgan fingerprint density at radius 2 is 1.38 bits per heavy atom. The number of hydrogen-bond donors (Lipinski definition) is 2. The van der Waals surface area contributed by atoms with Crippen molar-refractivity contribution < 1.29 is 28.7 Å². The van der Waals surface area contributed by atoms with Gasteiger partial charge in [0, 0.05) is 18.8 Å². The minimum atomic E-state index is -1.13. The molecule has 0 aromatic heterocycles. The molecule has 3 atom stereocenters. The summed E-state index contributed by atoms with van der Waals surface area (Å²) in [7, 11) is 1.34. The molecule has 0 bridgehead atoms. The molecule has 4 rings (SSSR count). The van der Waals surface area contributed by atoms with Crippen molar-refractivity contribution in [1.82, 2.24) is 10.6 Å². The van der Waals surface area contributed by atoms with Crippen molar-refractivity contribution in [3.8, 4) is 0 Å². The van der Waals surface area contributed by atoms with Gasteiger partial charge in [-0.05, 0) is 67.9 Å². The number of nitrogens with zero attached hydrogens (tertiary/aromatic N) is 1. The van der Waals surface area contributed by atoms with Crippen molar-refractivity contribution >= 4 is 29.4 Å². The van der Waals surface area contributed by atoms with Gasteiger partial charge < -0.3 is 25.0 Å². The lowest BCUT2D eigenvalue weighted by atomic mass is 9.85. The van der Waals surface area contributed by atoms with E-state index < -0.39 is 35.4 Å². The monoisotopic (exact) mass is 641 g/mol. The van der Waals surface area contributed by atoms with E-state index in [1.807, 2.05) is 113 Å². The van der Waals surface area contributed by atoms with Gasteiger partial charge in [-0.2, -0.15) is 0 Å². The van der Waals surface area contributed by atoms with E-state index in [4.69, 9.17) is 9.47 Å². The summed E-state index contributed by atoms with van der Waals surface area (Å²) in [4.78, 5) is 54.9. The van der Waals surface area contributed by atoms with Crippen LogP contribution in [0.1, 0.15) is 75.5 Å². The number of ether oxygens (including phenoxy) is 2. The largest absolute Gasteiger partial charge is 0.467 e. The lowest BCUT2D eigenvalue weighted by Gasteiger charge is -2.41. The van der Waals surface area contributed by atoms with Crippen LogP contribution in [-0.4, -0.2) is 55.5 Å². The van der Waals surface area contributed by atoms with Crippen molar-refractivity contribution in [2.45, 2.75) is 77.0 Å². The third-order valence-corrected chi connectivity index (χ3v) is 8.91. The molecule has 0 saturated carbocycles. The van der Waals surface area contributed by atoms with Gasteiger partial charge >= 0.3 is 11.9 Å². The molecule has 1 heterocycles. The molecule has 0 spiro atoms. The highest BCUT2D eigenvalue weighted by Crippen LogP contribution is 2.31. The summed E-state index contributed by atoms with van der Waals surface area (Å²) in [5.41, 5.74) is 2.33. The fraction of sp³-hybridized carbons (Fsp3) is 0.421. The predicted molar refractivity (Wildman–Crippen MR) is 182 cm³/mol. The number of benzene rings is 3. The Kier molecular flexibility index (Phi) is 12.2. The number of rotatable bonds is 13. The lowest BCUT2D eigenvalue weighted by Crippen LogP contribution is -2.61. The van der Waals surface area contributed by atoms with Crippen molar-refractivity contribution in [2.24, 2.45) is 5.92 Å². The molecule has 47 heavy (non-hydrogen) atoms. The quantitative estimate of drug-likeness (QED) is 0.237. The number of hydrogen-bond acceptors (Lipinski definition) is 7. The first-order chi connectivity index (χ1) is 22.5. The van der Waals surface area contributed by atoms with E-state index in [0.29, 0.717) is 32.4 Å². The molecule has 1 saturated heterocycles. The van der Waals surface area contributed by atoms with Crippen LogP contribution in [0.3, 0.4) is 0 Å². The number of methoxy groups -OCH3 is 1. The Hall–Kier alpha value is -4.66. The van der Waals surface area contributed by atoms with Crippen LogP contribution in [0.4, 0.5) is 5.69 Å². The molecule has 9 heteroatoms. The Balaban J connectivity index is 1.40. The van der Waals surface area contributed by atoms with E-state index in [-0.39, 0.29) is 24.3 Å². The van der Waals surface area contributed by atoms with Gasteiger partial charge in [-0.15, -0.1) is 0 Å². The first kappa shape index (κ1) is 35.2. The smallest absolute Gasteiger partial charge is 0.331 e. The summed E-state index contributed by atoms with van der Waals surface area (Å²) in [5.74, 6) is -2.17. The minimum absolute atomic E-state index is 0.143. The average Bonchev–Trinajstić information content (AvgIpc) is 3.10. The number of piperidine rings is 1. The second-order valence-electron chi connectivity index (χ2n) is 12.8. The number of anilines is 1. The van der Waals surface area contributed by atoms with Crippen molar-refractivity contribution in [2.75, 3.05) is 25.1 Å². The maximum absolute atomic E-state index is 13.4. The molecule has 9 nitrogen and oxygen atoms in total. The van der Waals surface area contributed by atoms with Gasteiger partial charge in [-0.25, -0.2) is 9.59 Å². The highest BCUT2D eigenvalue weighted by Gasteiger charge is 2.44. The number of carbonyl (C=O) groups is 4. The van der Waals surface area contributed by atoms with Crippen LogP contribution in [0.2, 0.25) is 0 Å². The molecule has 1 fully saturated rings. The number of nitrogens with one attached hydrogen (secondary N) is 2. The Morgan fingerprint density at radius 1 is 0.787 bits per heavy atom. The second-order valence-corrected chi connectivity index (χ2v) is 12.8. The van der Waals surface area contributed by atoms with Gasteiger partial charge in [0.05, 0.1) is 18.9 Å². The van der Waals surface area contributed by atoms with E-state index in [1.54, 1.807) is 0 Å². The second kappa shape index (κ2) is 16.3.